The van der Waals surface area contributed by atoms with E-state index in [1.807, 2.05) is 0 Å². The van der Waals surface area contributed by atoms with Crippen molar-refractivity contribution in [3.63, 3.8) is 0 Å². The van der Waals surface area contributed by atoms with Gasteiger partial charge in [0, 0.05) is 19.0 Å². The number of unbranched alkanes of at least 4 members (excludes halogenated alkanes) is 2. The SMILES string of the molecule is CCCCN(CCCC)C(=O)C1CCNCC1.Cl. The summed E-state index contributed by atoms with van der Waals surface area (Å²) in [6.07, 6.45) is 6.66. The van der Waals surface area contributed by atoms with Gasteiger partial charge in [0.05, 0.1) is 0 Å². The van der Waals surface area contributed by atoms with Crippen molar-refractivity contribution in [1.29, 1.82) is 0 Å². The van der Waals surface area contributed by atoms with Crippen LogP contribution in [0.5, 0.6) is 0 Å². The van der Waals surface area contributed by atoms with Gasteiger partial charge in [-0.1, -0.05) is 26.7 Å². The highest BCUT2D eigenvalue weighted by molar-refractivity contribution is 5.85. The number of nitrogens with zero attached hydrogens (tertiary/aromatic N) is 1. The Kier molecular flexibility index (Phi) is 10.5. The lowest BCUT2D eigenvalue weighted by atomic mass is 9.96. The van der Waals surface area contributed by atoms with Crippen molar-refractivity contribution < 1.29 is 4.79 Å². The van der Waals surface area contributed by atoms with Gasteiger partial charge in [0.25, 0.3) is 0 Å². The second kappa shape index (κ2) is 10.6. The van der Waals surface area contributed by atoms with Gasteiger partial charge in [0.1, 0.15) is 0 Å². The molecule has 108 valence electrons. The van der Waals surface area contributed by atoms with E-state index in [1.165, 1.54) is 12.8 Å². The normalized spacial score (nSPS) is 16.1. The highest BCUT2D eigenvalue weighted by atomic mass is 35.5. The summed E-state index contributed by atoms with van der Waals surface area (Å²) in [7, 11) is 0. The molecule has 0 aliphatic carbocycles. The first-order valence-electron chi connectivity index (χ1n) is 7.29. The summed E-state index contributed by atoms with van der Waals surface area (Å²) in [6.45, 7) is 8.30. The molecule has 0 atom stereocenters. The lowest BCUT2D eigenvalue weighted by Crippen LogP contribution is -2.41. The third-order valence-corrected chi connectivity index (χ3v) is 3.56. The highest BCUT2D eigenvalue weighted by Gasteiger charge is 2.25. The first-order chi connectivity index (χ1) is 8.29. The van der Waals surface area contributed by atoms with Crippen molar-refractivity contribution in [3.8, 4) is 0 Å². The van der Waals surface area contributed by atoms with Crippen LogP contribution in [-0.2, 0) is 4.79 Å². The third-order valence-electron chi connectivity index (χ3n) is 3.56. The van der Waals surface area contributed by atoms with E-state index >= 15 is 0 Å². The molecule has 1 aliphatic heterocycles. The molecule has 18 heavy (non-hydrogen) atoms. The molecule has 0 radical (unpaired) electrons. The molecule has 0 unspecified atom stereocenters. The second-order valence-electron chi connectivity index (χ2n) is 5.06. The Balaban J connectivity index is 0.00000289. The zero-order chi connectivity index (χ0) is 12.5. The Bertz CT molecular complexity index is 210. The van der Waals surface area contributed by atoms with E-state index in [1.54, 1.807) is 0 Å². The number of hydrogen-bond acceptors (Lipinski definition) is 2. The van der Waals surface area contributed by atoms with Crippen LogP contribution in [0.1, 0.15) is 52.4 Å². The van der Waals surface area contributed by atoms with Gasteiger partial charge < -0.3 is 10.2 Å². The molecule has 0 aromatic rings. The van der Waals surface area contributed by atoms with E-state index in [0.29, 0.717) is 5.91 Å². The number of amides is 1. The van der Waals surface area contributed by atoms with Crippen molar-refractivity contribution >= 4 is 18.3 Å². The number of carbonyl (C=O) groups is 1. The standard InChI is InChI=1S/C14H28N2O.ClH/c1-3-5-11-16(12-6-4-2)14(17)13-7-9-15-10-8-13;/h13,15H,3-12H2,1-2H3;1H. The van der Waals surface area contributed by atoms with E-state index in [-0.39, 0.29) is 18.3 Å². The largest absolute Gasteiger partial charge is 0.342 e. The maximum absolute atomic E-state index is 12.4. The summed E-state index contributed by atoms with van der Waals surface area (Å²) < 4.78 is 0. The summed E-state index contributed by atoms with van der Waals surface area (Å²) in [5.74, 6) is 0.693. The van der Waals surface area contributed by atoms with Crippen LogP contribution in [0.25, 0.3) is 0 Å². The van der Waals surface area contributed by atoms with Crippen molar-refractivity contribution in [3.05, 3.63) is 0 Å². The van der Waals surface area contributed by atoms with Crippen molar-refractivity contribution in [2.24, 2.45) is 5.92 Å². The number of rotatable bonds is 7. The molecule has 0 aromatic carbocycles. The first-order valence-corrected chi connectivity index (χ1v) is 7.29. The van der Waals surface area contributed by atoms with Crippen molar-refractivity contribution in [2.45, 2.75) is 52.4 Å². The molecule has 1 aliphatic rings. The van der Waals surface area contributed by atoms with Crippen LogP contribution in [0, 0.1) is 5.92 Å². The number of nitrogens with one attached hydrogen (secondary N) is 1. The van der Waals surface area contributed by atoms with Crippen LogP contribution in [0.4, 0.5) is 0 Å². The number of hydrogen-bond donors (Lipinski definition) is 1. The fraction of sp³-hybridized carbons (Fsp3) is 0.929. The smallest absolute Gasteiger partial charge is 0.225 e. The lowest BCUT2D eigenvalue weighted by molar-refractivity contribution is -0.136. The monoisotopic (exact) mass is 276 g/mol. The molecule has 1 amide bonds. The zero-order valence-corrected chi connectivity index (χ0v) is 12.7. The summed E-state index contributed by atoms with van der Waals surface area (Å²) in [5.41, 5.74) is 0. The average molecular weight is 277 g/mol. The maximum Gasteiger partial charge on any atom is 0.225 e. The van der Waals surface area contributed by atoms with Crippen LogP contribution in [-0.4, -0.2) is 37.0 Å². The molecule has 1 N–H and O–H groups in total. The molecule has 0 bridgehead atoms. The van der Waals surface area contributed by atoms with Gasteiger partial charge in [-0.05, 0) is 38.8 Å². The molecule has 0 spiro atoms. The number of halogens is 1. The summed E-state index contributed by atoms with van der Waals surface area (Å²) in [6, 6.07) is 0. The Labute approximate surface area is 118 Å². The summed E-state index contributed by atoms with van der Waals surface area (Å²) in [4.78, 5) is 14.5. The van der Waals surface area contributed by atoms with Gasteiger partial charge in [0.2, 0.25) is 5.91 Å². The molecular formula is C14H29ClN2O. The summed E-state index contributed by atoms with van der Waals surface area (Å²) in [5, 5.41) is 3.32. The van der Waals surface area contributed by atoms with Gasteiger partial charge in [-0.2, -0.15) is 0 Å². The van der Waals surface area contributed by atoms with E-state index < -0.39 is 0 Å². The Morgan fingerprint density at radius 2 is 1.61 bits per heavy atom. The zero-order valence-electron chi connectivity index (χ0n) is 11.9. The van der Waals surface area contributed by atoms with Crippen LogP contribution >= 0.6 is 12.4 Å². The molecule has 1 rings (SSSR count). The Morgan fingerprint density at radius 1 is 1.11 bits per heavy atom. The van der Waals surface area contributed by atoms with E-state index in [0.717, 1.165) is 51.9 Å². The third kappa shape index (κ3) is 6.05. The predicted molar refractivity (Wildman–Crippen MR) is 79.2 cm³/mol. The fourth-order valence-electron chi connectivity index (χ4n) is 2.36. The molecule has 1 saturated heterocycles. The molecule has 4 heteroatoms. The average Bonchev–Trinajstić information content (AvgIpc) is 2.39. The van der Waals surface area contributed by atoms with Gasteiger partial charge in [-0.15, -0.1) is 12.4 Å². The molecule has 3 nitrogen and oxygen atoms in total. The van der Waals surface area contributed by atoms with E-state index in [9.17, 15) is 4.79 Å². The lowest BCUT2D eigenvalue weighted by Gasteiger charge is -2.29. The van der Waals surface area contributed by atoms with Gasteiger partial charge >= 0.3 is 0 Å². The minimum Gasteiger partial charge on any atom is -0.342 e. The highest BCUT2D eigenvalue weighted by Crippen LogP contribution is 2.16. The van der Waals surface area contributed by atoms with Crippen LogP contribution in [0.2, 0.25) is 0 Å². The molecule has 1 heterocycles. The molecular weight excluding hydrogens is 248 g/mol. The maximum atomic E-state index is 12.4. The van der Waals surface area contributed by atoms with E-state index in [4.69, 9.17) is 0 Å². The molecule has 0 aromatic heterocycles. The van der Waals surface area contributed by atoms with Crippen LogP contribution in [0.3, 0.4) is 0 Å². The Hall–Kier alpha value is -0.280. The van der Waals surface area contributed by atoms with Gasteiger partial charge in [-0.3, -0.25) is 4.79 Å². The van der Waals surface area contributed by atoms with Crippen LogP contribution in [0.15, 0.2) is 0 Å². The predicted octanol–water partition coefficient (Wildman–Crippen LogP) is 2.84. The van der Waals surface area contributed by atoms with Crippen LogP contribution < -0.4 is 5.32 Å². The van der Waals surface area contributed by atoms with Crippen molar-refractivity contribution in [1.82, 2.24) is 10.2 Å². The first kappa shape index (κ1) is 17.7. The van der Waals surface area contributed by atoms with Crippen molar-refractivity contribution in [2.75, 3.05) is 26.2 Å². The quantitative estimate of drug-likeness (QED) is 0.776. The topological polar surface area (TPSA) is 32.3 Å². The second-order valence-corrected chi connectivity index (χ2v) is 5.06. The summed E-state index contributed by atoms with van der Waals surface area (Å²) >= 11 is 0. The Morgan fingerprint density at radius 3 is 2.06 bits per heavy atom. The number of carbonyl (C=O) groups excluding carboxylic acids is 1. The molecule has 1 fully saturated rings. The fourth-order valence-corrected chi connectivity index (χ4v) is 2.36. The number of piperidine rings is 1. The van der Waals surface area contributed by atoms with E-state index in [2.05, 4.69) is 24.1 Å². The molecule has 0 saturated carbocycles. The minimum atomic E-state index is 0. The minimum absolute atomic E-state index is 0. The van der Waals surface area contributed by atoms with Gasteiger partial charge in [0.15, 0.2) is 0 Å². The van der Waals surface area contributed by atoms with Gasteiger partial charge in [-0.25, -0.2) is 0 Å².